The zero-order chi connectivity index (χ0) is 50.5. The largest absolute Gasteiger partial charge is 0.481 e. The number of primary amides is 1. The molecule has 0 unspecified atom stereocenters. The van der Waals surface area contributed by atoms with Gasteiger partial charge in [-0.05, 0) is 56.4 Å². The molecule has 8 amide bonds. The molecule has 0 spiro atoms. The molecule has 0 radical (unpaired) electrons. The van der Waals surface area contributed by atoms with Crippen molar-refractivity contribution in [1.29, 1.82) is 0 Å². The van der Waals surface area contributed by atoms with Crippen LogP contribution < -0.4 is 37.6 Å². The molecule has 1 heterocycles. The third-order valence-electron chi connectivity index (χ3n) is 11.6. The van der Waals surface area contributed by atoms with Crippen molar-refractivity contribution >= 4 is 59.2 Å². The van der Waals surface area contributed by atoms with Crippen LogP contribution in [0.4, 0.5) is 0 Å². The van der Waals surface area contributed by atoms with Gasteiger partial charge in [0, 0.05) is 32.2 Å². The number of β-amino-alcohol motifs (C(OH)–C–C–N with tert-alkyl or cyclic N) is 1. The first-order valence-electron chi connectivity index (χ1n) is 23.0. The summed E-state index contributed by atoms with van der Waals surface area (Å²) in [6.45, 7) is 2.76. The van der Waals surface area contributed by atoms with Crippen LogP contribution in [0.2, 0.25) is 0 Å². The second-order valence-electron chi connectivity index (χ2n) is 17.7. The van der Waals surface area contributed by atoms with E-state index in [2.05, 4.69) is 31.9 Å². The zero-order valence-corrected chi connectivity index (χ0v) is 41.5. The van der Waals surface area contributed by atoms with Crippen molar-refractivity contribution in [3.8, 4) is 0 Å². The van der Waals surface area contributed by atoms with Gasteiger partial charge in [-0.15, -0.1) is 0 Å². The molecule has 23 nitrogen and oxygen atoms in total. The van der Waals surface area contributed by atoms with Crippen LogP contribution in [0.5, 0.6) is 0 Å². The van der Waals surface area contributed by atoms with E-state index >= 15 is 0 Å². The molecule has 390 valence electrons. The Morgan fingerprint density at radius 3 is 1.87 bits per heavy atom. The molecule has 2 aliphatic rings. The Morgan fingerprint density at radius 1 is 0.725 bits per heavy atom. The number of hydrogen-bond donors (Lipinski definition) is 11. The van der Waals surface area contributed by atoms with Crippen LogP contribution in [0, 0.1) is 11.8 Å². The molecular formula is C45H68FmN8O15. The third kappa shape index (κ3) is 19.1. The number of aliphatic carboxylic acids is 1. The molecule has 1 aromatic carbocycles. The minimum atomic E-state index is -1.66. The van der Waals surface area contributed by atoms with E-state index in [1.54, 1.807) is 30.3 Å². The molecule has 0 aromatic heterocycles. The van der Waals surface area contributed by atoms with Crippen molar-refractivity contribution in [2.45, 2.75) is 153 Å². The Hall–Kier alpha value is -7.20. The van der Waals surface area contributed by atoms with Gasteiger partial charge in [0.25, 0.3) is 0 Å². The number of nitrogens with one attached hydrogen (secondary N) is 6. The van der Waals surface area contributed by atoms with Gasteiger partial charge >= 0.3 is 11.9 Å². The number of amides is 8. The van der Waals surface area contributed by atoms with Crippen molar-refractivity contribution in [2.24, 2.45) is 17.6 Å². The Balaban J connectivity index is 0.0000163. The smallest absolute Gasteiger partial charge is 0.328 e. The number of hydrogen-bond acceptors (Lipinski definition) is 14. The van der Waals surface area contributed by atoms with E-state index in [9.17, 15) is 63.3 Å². The topological polar surface area (TPSA) is 362 Å². The number of likely N-dealkylation sites (tertiary alicyclic amines) is 1. The first kappa shape index (κ1) is 57.9. The van der Waals surface area contributed by atoms with Gasteiger partial charge in [-0.25, -0.2) is 4.79 Å². The predicted octanol–water partition coefficient (Wildman–Crippen LogP) is -2.25. The maximum absolute atomic E-state index is 14.1. The summed E-state index contributed by atoms with van der Waals surface area (Å²) in [5.41, 5.74) is 6.09. The van der Waals surface area contributed by atoms with E-state index in [-0.39, 0.29) is 57.6 Å². The molecule has 1 aromatic rings. The first-order valence-corrected chi connectivity index (χ1v) is 23.0. The monoisotopic (exact) mass is 1220 g/mol. The van der Waals surface area contributed by atoms with Crippen LogP contribution in [0.3, 0.4) is 0 Å². The van der Waals surface area contributed by atoms with Gasteiger partial charge in [0.1, 0.15) is 48.9 Å². The molecule has 0 bridgehead atoms. The molecule has 24 heteroatoms. The van der Waals surface area contributed by atoms with E-state index in [0.717, 1.165) is 11.3 Å². The number of nitrogens with zero attached hydrogens (tertiary/aromatic N) is 1. The summed E-state index contributed by atoms with van der Waals surface area (Å²) < 4.78 is 5.43. The maximum Gasteiger partial charge on any atom is 0.328 e. The summed E-state index contributed by atoms with van der Waals surface area (Å²) in [7, 11) is 0. The van der Waals surface area contributed by atoms with Gasteiger partial charge < -0.3 is 67.7 Å². The van der Waals surface area contributed by atoms with E-state index in [0.29, 0.717) is 31.2 Å². The zero-order valence-electron chi connectivity index (χ0n) is 39.1. The number of carboxylic acids is 1. The Morgan fingerprint density at radius 2 is 1.29 bits per heavy atom. The van der Waals surface area contributed by atoms with Gasteiger partial charge in [0.2, 0.25) is 47.3 Å². The number of esters is 1. The minimum Gasteiger partial charge on any atom is -0.481 e. The summed E-state index contributed by atoms with van der Waals surface area (Å²) in [6, 6.07) is -1.02. The Labute approximate surface area is 394 Å². The number of aliphatic hydroxyl groups excluding tert-OH is 3. The van der Waals surface area contributed by atoms with E-state index < -0.39 is 133 Å². The average molecular weight is 1220 g/mol. The standard InChI is InChI=1S/C45H68N8O15.Fm/c1-25(2)19-31(45(67)68-24-27-11-6-4-7-12-27)49-41(63)32(22-54)51-40(62)30(17-18-35(46)57)48-44(66)38(28-13-8-5-9-14-28)52-42(64)33(23-55)50-39(61)26(3)47-43(65)34-20-29(56)21-53(34)36(58)15-10-16-37(59)60;/h4,6-7,11-12,25-26,28-34,38,54-56H,5,8-10,13-24H2,1-3H3,(H2,46,57)(H,47,65)(H,48,66)(H,49,63)(H,50,61)(H,51,62)(H,52,64)(H,59,60);/t26-,29+,30-,31-,32-,33-,34-,38-;/m0./s1. The minimum absolute atomic E-state index is 0. The third-order valence-corrected chi connectivity index (χ3v) is 11.6. The number of nitrogens with two attached hydrogens (primary N) is 1. The van der Waals surface area contributed by atoms with Crippen molar-refractivity contribution < 1.29 is 73.1 Å². The van der Waals surface area contributed by atoms with Crippen LogP contribution in [0.15, 0.2) is 30.3 Å². The van der Waals surface area contributed by atoms with Crippen LogP contribution in [0.25, 0.3) is 0 Å². The number of aliphatic hydroxyl groups is 3. The second kappa shape index (κ2) is 28.9. The van der Waals surface area contributed by atoms with Crippen LogP contribution in [-0.4, -0.2) is 153 Å². The summed E-state index contributed by atoms with van der Waals surface area (Å²) in [5, 5.41) is 54.3. The molecule has 3 rings (SSSR count). The number of ether oxygens (including phenoxy) is 1. The quantitative estimate of drug-likeness (QED) is 0.0415. The van der Waals surface area contributed by atoms with Gasteiger partial charge in [0.15, 0.2) is 0 Å². The molecule has 1 saturated heterocycles. The van der Waals surface area contributed by atoms with E-state index in [1.165, 1.54) is 6.92 Å². The summed E-state index contributed by atoms with van der Waals surface area (Å²) in [6.07, 6.45) is 0.852. The van der Waals surface area contributed by atoms with E-state index in [1.807, 2.05) is 13.8 Å². The van der Waals surface area contributed by atoms with Gasteiger partial charge in [-0.2, -0.15) is 0 Å². The fourth-order valence-corrected chi connectivity index (χ4v) is 7.93. The number of carbonyl (C=O) groups excluding carboxylic acids is 9. The van der Waals surface area contributed by atoms with Crippen LogP contribution >= 0.6 is 0 Å². The van der Waals surface area contributed by atoms with Gasteiger partial charge in [-0.3, -0.25) is 43.2 Å². The molecular weight excluding hydrogens is 1150 g/mol. The van der Waals surface area contributed by atoms with Crippen molar-refractivity contribution in [3.05, 3.63) is 35.9 Å². The predicted molar refractivity (Wildman–Crippen MR) is 240 cm³/mol. The fourth-order valence-electron chi connectivity index (χ4n) is 7.93. The Kier molecular flexibility index (Phi) is 24.2. The number of carboxylic acid groups (broad SMARTS) is 1. The van der Waals surface area contributed by atoms with Crippen LogP contribution in [0.1, 0.15) is 103 Å². The van der Waals surface area contributed by atoms with E-state index in [4.69, 9.17) is 15.6 Å². The second-order valence-corrected chi connectivity index (χ2v) is 17.7. The summed E-state index contributed by atoms with van der Waals surface area (Å²) in [4.78, 5) is 131. The maximum atomic E-state index is 14.1. The van der Waals surface area contributed by atoms with Crippen molar-refractivity contribution in [3.63, 3.8) is 0 Å². The summed E-state index contributed by atoms with van der Waals surface area (Å²) in [5.74, 6) is -9.41. The Bertz CT molecular complexity index is 1920. The molecule has 69 heavy (non-hydrogen) atoms. The van der Waals surface area contributed by atoms with Crippen molar-refractivity contribution in [2.75, 3.05) is 19.8 Å². The fraction of sp³-hybridized carbons (Fsp3) is 0.644. The summed E-state index contributed by atoms with van der Waals surface area (Å²) >= 11 is 0. The first-order chi connectivity index (χ1) is 32.2. The van der Waals surface area contributed by atoms with Gasteiger partial charge in [-0.1, -0.05) is 63.4 Å². The van der Waals surface area contributed by atoms with Gasteiger partial charge in [0.05, 0.1) is 19.3 Å². The normalized spacial score (nSPS) is 18.4. The average Bonchev–Trinajstić information content (AvgIpc) is 3.70. The SMILES string of the molecule is CC(C)C[C@H](NC(=O)[C@H](CO)NC(=O)[C@H](CCC(N)=O)NC(=O)[C@@H](NC(=O)[C@H](CO)NC(=O)[C@H](C)NC(=O)[C@@H]1C[C@@H](O)CN1C(=O)CCCC(=O)O)C1CCCCC1)C(=O)OCc1ccccc1.[Fm]. The number of rotatable bonds is 27. The molecule has 1 aliphatic carbocycles. The molecule has 1 saturated carbocycles. The molecule has 2 fully saturated rings. The molecule has 1 aliphatic heterocycles. The van der Waals surface area contributed by atoms with Crippen molar-refractivity contribution in [1.82, 2.24) is 36.8 Å². The molecule has 8 atom stereocenters. The number of carbonyl (C=O) groups is 10. The molecule has 12 N–H and O–H groups in total. The van der Waals surface area contributed by atoms with Crippen LogP contribution in [-0.2, 0) is 59.3 Å². The number of benzene rings is 1.